The average Bonchev–Trinajstić information content (AvgIpc) is 3.14. The Morgan fingerprint density at radius 1 is 1.27 bits per heavy atom. The second kappa shape index (κ2) is 7.66. The minimum atomic E-state index is -3.47. The van der Waals surface area contributed by atoms with E-state index >= 15 is 0 Å². The lowest BCUT2D eigenvalue weighted by Crippen LogP contribution is -2.41. The van der Waals surface area contributed by atoms with E-state index in [1.165, 1.54) is 0 Å². The molecule has 5 nitrogen and oxygen atoms in total. The second-order valence-corrected chi connectivity index (χ2v) is 10.5. The summed E-state index contributed by atoms with van der Waals surface area (Å²) in [5, 5.41) is 3.00. The van der Waals surface area contributed by atoms with Crippen molar-refractivity contribution in [3.8, 4) is 0 Å². The van der Waals surface area contributed by atoms with Crippen LogP contribution >= 0.6 is 11.3 Å². The zero-order valence-corrected chi connectivity index (χ0v) is 17.2. The molecule has 0 radical (unpaired) electrons. The van der Waals surface area contributed by atoms with Crippen LogP contribution < -0.4 is 9.62 Å². The number of nitrogens with one attached hydrogen (secondary N) is 1. The molecule has 1 aliphatic heterocycles. The molecule has 1 aromatic heterocycles. The van der Waals surface area contributed by atoms with Gasteiger partial charge in [0.1, 0.15) is 0 Å². The Morgan fingerprint density at radius 2 is 2.00 bits per heavy atom. The molecule has 0 spiro atoms. The van der Waals surface area contributed by atoms with E-state index in [1.54, 1.807) is 23.5 Å². The van der Waals surface area contributed by atoms with Crippen LogP contribution in [0.3, 0.4) is 0 Å². The van der Waals surface area contributed by atoms with E-state index in [2.05, 4.69) is 35.4 Å². The number of thiazole rings is 1. The third kappa shape index (κ3) is 4.64. The first kappa shape index (κ1) is 19.3. The topological polar surface area (TPSA) is 62.3 Å². The minimum absolute atomic E-state index is 0.0110. The summed E-state index contributed by atoms with van der Waals surface area (Å²) in [6, 6.07) is 7.20. The maximum Gasteiger partial charge on any atom is 0.240 e. The summed E-state index contributed by atoms with van der Waals surface area (Å²) < 4.78 is 28.0. The zero-order chi connectivity index (χ0) is 18.8. The monoisotopic (exact) mass is 393 g/mol. The van der Waals surface area contributed by atoms with Crippen LogP contribution in [0.25, 0.3) is 0 Å². The molecule has 1 N–H and O–H groups in total. The molecule has 2 heterocycles. The van der Waals surface area contributed by atoms with Crippen LogP contribution in [0.15, 0.2) is 40.7 Å². The summed E-state index contributed by atoms with van der Waals surface area (Å²) in [5.74, 6) is 0.302. The van der Waals surface area contributed by atoms with Crippen molar-refractivity contribution in [1.82, 2.24) is 9.71 Å². The van der Waals surface area contributed by atoms with Crippen LogP contribution in [0.1, 0.15) is 39.2 Å². The van der Waals surface area contributed by atoms with Gasteiger partial charge in [-0.2, -0.15) is 0 Å². The van der Waals surface area contributed by atoms with Gasteiger partial charge in [0.2, 0.25) is 10.0 Å². The van der Waals surface area contributed by atoms with Gasteiger partial charge in [-0.15, -0.1) is 11.3 Å². The summed E-state index contributed by atoms with van der Waals surface area (Å²) in [7, 11) is -3.47. The van der Waals surface area contributed by atoms with Gasteiger partial charge >= 0.3 is 0 Å². The van der Waals surface area contributed by atoms with E-state index in [4.69, 9.17) is 0 Å². The molecule has 0 aliphatic carbocycles. The van der Waals surface area contributed by atoms with Gasteiger partial charge in [-0.25, -0.2) is 18.1 Å². The third-order valence-electron chi connectivity index (χ3n) is 4.80. The largest absolute Gasteiger partial charge is 0.348 e. The molecule has 3 rings (SSSR count). The van der Waals surface area contributed by atoms with E-state index < -0.39 is 10.0 Å². The van der Waals surface area contributed by atoms with Gasteiger partial charge in [-0.1, -0.05) is 32.9 Å². The van der Waals surface area contributed by atoms with Gasteiger partial charge in [0.25, 0.3) is 0 Å². The molecule has 26 heavy (non-hydrogen) atoms. The van der Waals surface area contributed by atoms with Crippen molar-refractivity contribution < 1.29 is 8.42 Å². The summed E-state index contributed by atoms with van der Waals surface area (Å²) in [6.45, 7) is 8.65. The molecular weight excluding hydrogens is 366 g/mol. The van der Waals surface area contributed by atoms with Gasteiger partial charge in [0.05, 0.1) is 4.90 Å². The Morgan fingerprint density at radius 3 is 2.62 bits per heavy atom. The third-order valence-corrected chi connectivity index (χ3v) is 7.07. The van der Waals surface area contributed by atoms with Gasteiger partial charge in [0, 0.05) is 31.2 Å². The molecule has 1 atom stereocenters. The van der Waals surface area contributed by atoms with E-state index in [0.29, 0.717) is 17.4 Å². The Hall–Kier alpha value is -1.44. The number of hydrogen-bond acceptors (Lipinski definition) is 5. The number of sulfonamides is 1. The zero-order valence-electron chi connectivity index (χ0n) is 15.6. The van der Waals surface area contributed by atoms with Gasteiger partial charge < -0.3 is 4.90 Å². The van der Waals surface area contributed by atoms with Crippen LogP contribution in [0.5, 0.6) is 0 Å². The molecule has 1 saturated heterocycles. The predicted molar refractivity (Wildman–Crippen MR) is 107 cm³/mol. The SMILES string of the molecule is CC(C)(C)c1ccc(S(=O)(=O)NCC2CCCN(c3nccs3)C2)cc1. The van der Waals surface area contributed by atoms with Crippen LogP contribution in [0.4, 0.5) is 5.13 Å². The summed E-state index contributed by atoms with van der Waals surface area (Å²) >= 11 is 1.63. The fraction of sp³-hybridized carbons (Fsp3) is 0.526. The smallest absolute Gasteiger partial charge is 0.240 e. The summed E-state index contributed by atoms with van der Waals surface area (Å²) in [5.41, 5.74) is 1.14. The molecule has 0 amide bonds. The lowest BCUT2D eigenvalue weighted by Gasteiger charge is -2.32. The van der Waals surface area contributed by atoms with Crippen molar-refractivity contribution in [3.63, 3.8) is 0 Å². The average molecular weight is 394 g/mol. The van der Waals surface area contributed by atoms with Gasteiger partial charge in [-0.05, 0) is 41.9 Å². The molecule has 142 valence electrons. The van der Waals surface area contributed by atoms with Crippen molar-refractivity contribution in [2.45, 2.75) is 43.9 Å². The molecule has 7 heteroatoms. The maximum absolute atomic E-state index is 12.6. The predicted octanol–water partition coefficient (Wildman–Crippen LogP) is 3.64. The molecular formula is C19H27N3O2S2. The number of benzene rings is 1. The molecule has 2 aromatic rings. The van der Waals surface area contributed by atoms with E-state index in [0.717, 1.165) is 36.6 Å². The van der Waals surface area contributed by atoms with Crippen molar-refractivity contribution in [2.24, 2.45) is 5.92 Å². The number of piperidine rings is 1. The minimum Gasteiger partial charge on any atom is -0.348 e. The highest BCUT2D eigenvalue weighted by Gasteiger charge is 2.24. The highest BCUT2D eigenvalue weighted by Crippen LogP contribution is 2.25. The van der Waals surface area contributed by atoms with E-state index in [-0.39, 0.29) is 5.41 Å². The molecule has 1 fully saturated rings. The first-order valence-corrected chi connectivity index (χ1v) is 11.4. The number of rotatable bonds is 5. The molecule has 0 saturated carbocycles. The maximum atomic E-state index is 12.6. The lowest BCUT2D eigenvalue weighted by molar-refractivity contribution is 0.410. The Bertz CT molecular complexity index is 809. The lowest BCUT2D eigenvalue weighted by atomic mass is 9.87. The van der Waals surface area contributed by atoms with Crippen LogP contribution in [0, 0.1) is 5.92 Å². The van der Waals surface area contributed by atoms with E-state index in [1.807, 2.05) is 23.7 Å². The fourth-order valence-corrected chi connectivity index (χ4v) is 5.02. The Kier molecular flexibility index (Phi) is 5.69. The standard InChI is InChI=1S/C19H27N3O2S2/c1-19(2,3)16-6-8-17(9-7-16)26(23,24)21-13-15-5-4-11-22(14-15)18-20-10-12-25-18/h6-10,12,15,21H,4-5,11,13-14H2,1-3H3. The Labute approximate surface area is 160 Å². The molecule has 1 aromatic carbocycles. The Balaban J connectivity index is 1.61. The molecule has 1 unspecified atom stereocenters. The van der Waals surface area contributed by atoms with Crippen LogP contribution in [-0.2, 0) is 15.4 Å². The van der Waals surface area contributed by atoms with Crippen molar-refractivity contribution >= 4 is 26.5 Å². The van der Waals surface area contributed by atoms with Crippen LogP contribution in [-0.4, -0.2) is 33.0 Å². The number of anilines is 1. The fourth-order valence-electron chi connectivity index (χ4n) is 3.22. The highest BCUT2D eigenvalue weighted by molar-refractivity contribution is 7.89. The second-order valence-electron chi connectivity index (χ2n) is 7.90. The quantitative estimate of drug-likeness (QED) is 0.842. The number of hydrogen-bond donors (Lipinski definition) is 1. The van der Waals surface area contributed by atoms with E-state index in [9.17, 15) is 8.42 Å². The number of nitrogens with zero attached hydrogens (tertiary/aromatic N) is 2. The molecule has 1 aliphatic rings. The van der Waals surface area contributed by atoms with Crippen molar-refractivity contribution in [1.29, 1.82) is 0 Å². The summed E-state index contributed by atoms with van der Waals surface area (Å²) in [6.07, 6.45) is 3.91. The highest BCUT2D eigenvalue weighted by atomic mass is 32.2. The van der Waals surface area contributed by atoms with Crippen molar-refractivity contribution in [2.75, 3.05) is 24.5 Å². The van der Waals surface area contributed by atoms with Crippen molar-refractivity contribution in [3.05, 3.63) is 41.4 Å². The normalized spacial score (nSPS) is 18.9. The number of aromatic nitrogens is 1. The van der Waals surface area contributed by atoms with Gasteiger partial charge in [-0.3, -0.25) is 0 Å². The first-order valence-electron chi connectivity index (χ1n) is 9.00. The van der Waals surface area contributed by atoms with Crippen LogP contribution in [0.2, 0.25) is 0 Å². The summed E-state index contributed by atoms with van der Waals surface area (Å²) in [4.78, 5) is 6.95. The molecule has 0 bridgehead atoms. The first-order chi connectivity index (χ1) is 12.3. The van der Waals surface area contributed by atoms with Gasteiger partial charge in [0.15, 0.2) is 5.13 Å².